The Morgan fingerprint density at radius 3 is 2.38 bits per heavy atom. The highest BCUT2D eigenvalue weighted by atomic mass is 14.9. The highest BCUT2D eigenvalue weighted by Gasteiger charge is 2.27. The van der Waals surface area contributed by atoms with Crippen LogP contribution in [0, 0.1) is 17.8 Å². The lowest BCUT2D eigenvalue weighted by Gasteiger charge is -2.22. The second-order valence-electron chi connectivity index (χ2n) is 5.42. The molecule has 0 radical (unpaired) electrons. The third kappa shape index (κ3) is 2.46. The quantitative estimate of drug-likeness (QED) is 0.757. The van der Waals surface area contributed by atoms with E-state index in [2.05, 4.69) is 56.4 Å². The van der Waals surface area contributed by atoms with E-state index < -0.39 is 0 Å². The molecule has 0 aromatic heterocycles. The van der Waals surface area contributed by atoms with Crippen LogP contribution in [0.25, 0.3) is 0 Å². The molecular formula is C15H23N. The SMILES string of the molecule is C[C@@H]1[C@H](C)C[C@H](c2ccccc2)NC[C@@H]1C. The van der Waals surface area contributed by atoms with Crippen molar-refractivity contribution in [3.05, 3.63) is 35.9 Å². The maximum Gasteiger partial charge on any atom is 0.0322 e. The Bertz CT molecular complexity index is 319. The summed E-state index contributed by atoms with van der Waals surface area (Å²) in [6.45, 7) is 8.29. The summed E-state index contributed by atoms with van der Waals surface area (Å²) in [6, 6.07) is 11.4. The standard InChI is InChI=1S/C15H23N/c1-11-9-15(14-7-5-4-6-8-14)16-10-12(2)13(11)3/h4-8,11-13,15-16H,9-10H2,1-3H3/t11-,12+,13-,15-/m1/s1. The first-order chi connectivity index (χ1) is 7.68. The molecule has 16 heavy (non-hydrogen) atoms. The minimum atomic E-state index is 0.545. The smallest absolute Gasteiger partial charge is 0.0322 e. The molecule has 1 saturated heterocycles. The molecule has 1 aliphatic heterocycles. The third-order valence-electron chi connectivity index (χ3n) is 4.29. The average Bonchev–Trinajstić information content (AvgIpc) is 2.44. The maximum absolute atomic E-state index is 3.71. The normalized spacial score (nSPS) is 35.7. The second kappa shape index (κ2) is 5.01. The minimum absolute atomic E-state index is 0.545. The number of hydrogen-bond donors (Lipinski definition) is 1. The Balaban J connectivity index is 2.13. The molecule has 1 fully saturated rings. The molecule has 0 bridgehead atoms. The molecule has 1 heteroatoms. The summed E-state index contributed by atoms with van der Waals surface area (Å²) in [5, 5.41) is 3.71. The van der Waals surface area contributed by atoms with Crippen molar-refractivity contribution in [2.45, 2.75) is 33.2 Å². The Labute approximate surface area is 99.3 Å². The molecule has 0 unspecified atom stereocenters. The molecule has 1 nitrogen and oxygen atoms in total. The fraction of sp³-hybridized carbons (Fsp3) is 0.600. The molecule has 2 rings (SSSR count). The van der Waals surface area contributed by atoms with Gasteiger partial charge in [0.05, 0.1) is 0 Å². The van der Waals surface area contributed by atoms with Crippen molar-refractivity contribution in [3.8, 4) is 0 Å². The zero-order chi connectivity index (χ0) is 11.5. The van der Waals surface area contributed by atoms with E-state index in [-0.39, 0.29) is 0 Å². The predicted octanol–water partition coefficient (Wildman–Crippen LogP) is 3.63. The third-order valence-corrected chi connectivity index (χ3v) is 4.29. The van der Waals surface area contributed by atoms with Crippen LogP contribution in [-0.2, 0) is 0 Å². The highest BCUT2D eigenvalue weighted by molar-refractivity contribution is 5.19. The molecule has 0 spiro atoms. The van der Waals surface area contributed by atoms with Gasteiger partial charge >= 0.3 is 0 Å². The van der Waals surface area contributed by atoms with Gasteiger partial charge in [-0.05, 0) is 36.3 Å². The summed E-state index contributed by atoms with van der Waals surface area (Å²) in [7, 11) is 0. The summed E-state index contributed by atoms with van der Waals surface area (Å²) < 4.78 is 0. The molecule has 1 N–H and O–H groups in total. The van der Waals surface area contributed by atoms with Crippen LogP contribution in [0.2, 0.25) is 0 Å². The van der Waals surface area contributed by atoms with Crippen molar-refractivity contribution in [1.29, 1.82) is 0 Å². The molecule has 0 amide bonds. The number of rotatable bonds is 1. The van der Waals surface area contributed by atoms with Gasteiger partial charge in [-0.25, -0.2) is 0 Å². The van der Waals surface area contributed by atoms with Crippen LogP contribution in [0.4, 0.5) is 0 Å². The summed E-state index contributed by atoms with van der Waals surface area (Å²) in [5.74, 6) is 2.40. The van der Waals surface area contributed by atoms with E-state index in [1.165, 1.54) is 12.0 Å². The Kier molecular flexibility index (Phi) is 3.65. The number of benzene rings is 1. The molecule has 1 heterocycles. The van der Waals surface area contributed by atoms with Crippen molar-refractivity contribution in [3.63, 3.8) is 0 Å². The molecular weight excluding hydrogens is 194 g/mol. The van der Waals surface area contributed by atoms with Gasteiger partial charge < -0.3 is 5.32 Å². The molecule has 88 valence electrons. The van der Waals surface area contributed by atoms with Gasteiger partial charge in [-0.2, -0.15) is 0 Å². The van der Waals surface area contributed by atoms with Crippen LogP contribution in [0.1, 0.15) is 38.8 Å². The van der Waals surface area contributed by atoms with Crippen LogP contribution >= 0.6 is 0 Å². The lowest BCUT2D eigenvalue weighted by Crippen LogP contribution is -2.24. The number of nitrogens with one attached hydrogen (secondary N) is 1. The summed E-state index contributed by atoms with van der Waals surface area (Å²) in [4.78, 5) is 0. The fourth-order valence-corrected chi connectivity index (χ4v) is 2.68. The van der Waals surface area contributed by atoms with Crippen LogP contribution in [0.3, 0.4) is 0 Å². The highest BCUT2D eigenvalue weighted by Crippen LogP contribution is 2.32. The van der Waals surface area contributed by atoms with E-state index in [0.717, 1.165) is 24.3 Å². The molecule has 0 saturated carbocycles. The first kappa shape index (κ1) is 11.7. The maximum atomic E-state index is 3.71. The van der Waals surface area contributed by atoms with Crippen LogP contribution in [-0.4, -0.2) is 6.54 Å². The van der Waals surface area contributed by atoms with Crippen LogP contribution < -0.4 is 5.32 Å². The van der Waals surface area contributed by atoms with E-state index in [0.29, 0.717) is 6.04 Å². The molecule has 1 aliphatic rings. The van der Waals surface area contributed by atoms with Gasteiger partial charge in [0.1, 0.15) is 0 Å². The Morgan fingerprint density at radius 2 is 1.69 bits per heavy atom. The largest absolute Gasteiger partial charge is 0.310 e. The van der Waals surface area contributed by atoms with Gasteiger partial charge in [-0.15, -0.1) is 0 Å². The lowest BCUT2D eigenvalue weighted by atomic mass is 9.83. The van der Waals surface area contributed by atoms with Gasteiger partial charge in [-0.3, -0.25) is 0 Å². The van der Waals surface area contributed by atoms with Gasteiger partial charge in [0.25, 0.3) is 0 Å². The summed E-state index contributed by atoms with van der Waals surface area (Å²) in [5.41, 5.74) is 1.44. The molecule has 4 atom stereocenters. The first-order valence-corrected chi connectivity index (χ1v) is 6.47. The molecule has 1 aromatic carbocycles. The van der Waals surface area contributed by atoms with Crippen molar-refractivity contribution < 1.29 is 0 Å². The van der Waals surface area contributed by atoms with Crippen LogP contribution in [0.15, 0.2) is 30.3 Å². The van der Waals surface area contributed by atoms with Gasteiger partial charge in [0.2, 0.25) is 0 Å². The predicted molar refractivity (Wildman–Crippen MR) is 69.3 cm³/mol. The minimum Gasteiger partial charge on any atom is -0.310 e. The average molecular weight is 217 g/mol. The van der Waals surface area contributed by atoms with Gasteiger partial charge in [0, 0.05) is 6.04 Å². The van der Waals surface area contributed by atoms with E-state index >= 15 is 0 Å². The van der Waals surface area contributed by atoms with Gasteiger partial charge in [0.15, 0.2) is 0 Å². The first-order valence-electron chi connectivity index (χ1n) is 6.47. The van der Waals surface area contributed by atoms with E-state index in [1.807, 2.05) is 0 Å². The lowest BCUT2D eigenvalue weighted by molar-refractivity contribution is 0.292. The van der Waals surface area contributed by atoms with E-state index in [1.54, 1.807) is 0 Å². The zero-order valence-corrected chi connectivity index (χ0v) is 10.6. The van der Waals surface area contributed by atoms with E-state index in [9.17, 15) is 0 Å². The van der Waals surface area contributed by atoms with Crippen molar-refractivity contribution in [1.82, 2.24) is 5.32 Å². The molecule has 0 aliphatic carbocycles. The zero-order valence-electron chi connectivity index (χ0n) is 10.6. The van der Waals surface area contributed by atoms with Crippen molar-refractivity contribution >= 4 is 0 Å². The Hall–Kier alpha value is -0.820. The fourth-order valence-electron chi connectivity index (χ4n) is 2.68. The number of hydrogen-bond acceptors (Lipinski definition) is 1. The summed E-state index contributed by atoms with van der Waals surface area (Å²) in [6.07, 6.45) is 1.26. The summed E-state index contributed by atoms with van der Waals surface area (Å²) >= 11 is 0. The van der Waals surface area contributed by atoms with Crippen molar-refractivity contribution in [2.75, 3.05) is 6.54 Å². The van der Waals surface area contributed by atoms with E-state index in [4.69, 9.17) is 0 Å². The Morgan fingerprint density at radius 1 is 1.00 bits per heavy atom. The van der Waals surface area contributed by atoms with Crippen molar-refractivity contribution in [2.24, 2.45) is 17.8 Å². The van der Waals surface area contributed by atoms with Gasteiger partial charge in [-0.1, -0.05) is 51.1 Å². The second-order valence-corrected chi connectivity index (χ2v) is 5.42. The van der Waals surface area contributed by atoms with Crippen LogP contribution in [0.5, 0.6) is 0 Å². The topological polar surface area (TPSA) is 12.0 Å². The molecule has 1 aromatic rings. The monoisotopic (exact) mass is 217 g/mol.